The summed E-state index contributed by atoms with van der Waals surface area (Å²) in [7, 11) is 1.60. The Morgan fingerprint density at radius 1 is 1.06 bits per heavy atom. The highest BCUT2D eigenvalue weighted by atomic mass is 35.5. The van der Waals surface area contributed by atoms with E-state index in [1.165, 1.54) is 6.42 Å². The summed E-state index contributed by atoms with van der Waals surface area (Å²) in [6, 6.07) is 13.3. The molecule has 1 heterocycles. The molecular weight excluding hydrogens is 447 g/mol. The van der Waals surface area contributed by atoms with Crippen LogP contribution in [0.4, 0.5) is 16.2 Å². The summed E-state index contributed by atoms with van der Waals surface area (Å²) < 4.78 is 5.28. The molecule has 6 nitrogen and oxygen atoms in total. The molecule has 1 saturated carbocycles. The topological polar surface area (TPSA) is 56.8 Å². The standard InChI is InChI=1S/C24H30Cl2N4O2/c1-32-22-8-3-2-6-20(22)28-24(31)27-18-15-17(16-18)9-10-29-11-13-30(14-12-29)21-7-4-5-19(25)23(21)26/h2-8,17-18H,9-16H2,1H3,(H2,27,28,31)/t17-,18+. The Labute approximate surface area is 199 Å². The van der Waals surface area contributed by atoms with Crippen LogP contribution < -0.4 is 20.3 Å². The van der Waals surface area contributed by atoms with E-state index in [4.69, 9.17) is 27.9 Å². The van der Waals surface area contributed by atoms with E-state index >= 15 is 0 Å². The average Bonchev–Trinajstić information content (AvgIpc) is 2.78. The second-order valence-electron chi connectivity index (χ2n) is 8.52. The van der Waals surface area contributed by atoms with Crippen molar-refractivity contribution in [3.05, 3.63) is 52.5 Å². The van der Waals surface area contributed by atoms with Crippen molar-refractivity contribution < 1.29 is 9.53 Å². The van der Waals surface area contributed by atoms with E-state index in [2.05, 4.69) is 20.4 Å². The van der Waals surface area contributed by atoms with Crippen LogP contribution in [-0.4, -0.2) is 56.8 Å². The molecule has 0 aromatic heterocycles. The van der Waals surface area contributed by atoms with Gasteiger partial charge in [-0.1, -0.05) is 41.4 Å². The lowest BCUT2D eigenvalue weighted by Gasteiger charge is -2.39. The summed E-state index contributed by atoms with van der Waals surface area (Å²) in [4.78, 5) is 17.1. The molecule has 2 amide bonds. The third kappa shape index (κ3) is 5.61. The summed E-state index contributed by atoms with van der Waals surface area (Å²) in [6.07, 6.45) is 3.25. The molecule has 2 aromatic rings. The number of benzene rings is 2. The van der Waals surface area contributed by atoms with Crippen molar-refractivity contribution in [1.29, 1.82) is 0 Å². The number of nitrogens with zero attached hydrogens (tertiary/aromatic N) is 2. The maximum atomic E-state index is 12.3. The number of piperazine rings is 1. The van der Waals surface area contributed by atoms with Gasteiger partial charge in [0, 0.05) is 32.2 Å². The van der Waals surface area contributed by atoms with Crippen molar-refractivity contribution in [2.75, 3.05) is 50.1 Å². The fourth-order valence-corrected chi connectivity index (χ4v) is 4.91. The molecule has 4 rings (SSSR count). The van der Waals surface area contributed by atoms with Gasteiger partial charge in [-0.2, -0.15) is 0 Å². The number of ether oxygens (including phenoxy) is 1. The zero-order valence-corrected chi connectivity index (χ0v) is 19.8. The Kier molecular flexibility index (Phi) is 7.66. The second kappa shape index (κ2) is 10.6. The Balaban J connectivity index is 1.13. The molecule has 0 unspecified atom stereocenters. The van der Waals surface area contributed by atoms with Crippen molar-refractivity contribution in [3.8, 4) is 5.75 Å². The van der Waals surface area contributed by atoms with Gasteiger partial charge in [0.15, 0.2) is 0 Å². The Morgan fingerprint density at radius 3 is 2.56 bits per heavy atom. The van der Waals surface area contributed by atoms with Crippen molar-refractivity contribution in [3.63, 3.8) is 0 Å². The number of halogens is 2. The molecule has 8 heteroatoms. The molecule has 0 atom stereocenters. The van der Waals surface area contributed by atoms with Gasteiger partial charge in [-0.3, -0.25) is 4.90 Å². The van der Waals surface area contributed by atoms with Gasteiger partial charge in [0.05, 0.1) is 28.5 Å². The fourth-order valence-electron chi connectivity index (χ4n) is 4.50. The number of anilines is 2. The predicted molar refractivity (Wildman–Crippen MR) is 131 cm³/mol. The first-order valence-corrected chi connectivity index (χ1v) is 11.9. The number of rotatable bonds is 7. The maximum absolute atomic E-state index is 12.3. The quantitative estimate of drug-likeness (QED) is 0.582. The van der Waals surface area contributed by atoms with Crippen LogP contribution in [0.1, 0.15) is 19.3 Å². The molecule has 1 aliphatic heterocycles. The van der Waals surface area contributed by atoms with E-state index in [-0.39, 0.29) is 12.1 Å². The van der Waals surface area contributed by atoms with Gasteiger partial charge in [-0.05, 0) is 56.0 Å². The normalized spacial score (nSPS) is 21.0. The number of amides is 2. The average molecular weight is 477 g/mol. The first-order chi connectivity index (χ1) is 15.5. The first-order valence-electron chi connectivity index (χ1n) is 11.2. The molecule has 0 radical (unpaired) electrons. The van der Waals surface area contributed by atoms with Crippen LogP contribution in [-0.2, 0) is 0 Å². The number of para-hydroxylation sites is 2. The van der Waals surface area contributed by atoms with E-state index in [0.717, 1.165) is 51.3 Å². The number of carbonyl (C=O) groups is 1. The lowest BCUT2D eigenvalue weighted by Crippen LogP contribution is -2.49. The largest absolute Gasteiger partial charge is 0.495 e. The van der Waals surface area contributed by atoms with E-state index in [1.807, 2.05) is 42.5 Å². The van der Waals surface area contributed by atoms with Crippen LogP contribution in [0.3, 0.4) is 0 Å². The van der Waals surface area contributed by atoms with Gasteiger partial charge in [0.25, 0.3) is 0 Å². The molecule has 0 spiro atoms. The Morgan fingerprint density at radius 2 is 1.81 bits per heavy atom. The number of hydrogen-bond acceptors (Lipinski definition) is 4. The van der Waals surface area contributed by atoms with E-state index in [9.17, 15) is 4.79 Å². The Bertz CT molecular complexity index is 928. The van der Waals surface area contributed by atoms with Gasteiger partial charge in [0.1, 0.15) is 5.75 Å². The number of nitrogens with one attached hydrogen (secondary N) is 2. The SMILES string of the molecule is COc1ccccc1NC(=O)N[C@H]1C[C@@H](CCN2CCN(c3cccc(Cl)c3Cl)CC2)C1. The lowest BCUT2D eigenvalue weighted by molar-refractivity contribution is 0.172. The summed E-state index contributed by atoms with van der Waals surface area (Å²) in [5, 5.41) is 7.20. The molecule has 1 aliphatic carbocycles. The molecule has 2 fully saturated rings. The van der Waals surface area contributed by atoms with Crippen molar-refractivity contribution in [1.82, 2.24) is 10.2 Å². The number of hydrogen-bond donors (Lipinski definition) is 2. The highest BCUT2D eigenvalue weighted by Gasteiger charge is 2.31. The van der Waals surface area contributed by atoms with Crippen molar-refractivity contribution >= 4 is 40.6 Å². The minimum Gasteiger partial charge on any atom is -0.495 e. The smallest absolute Gasteiger partial charge is 0.319 e. The van der Waals surface area contributed by atoms with Crippen LogP contribution in [0, 0.1) is 5.92 Å². The predicted octanol–water partition coefficient (Wildman–Crippen LogP) is 5.11. The Hall–Kier alpha value is -2.15. The van der Waals surface area contributed by atoms with E-state index in [0.29, 0.717) is 27.4 Å². The third-order valence-corrected chi connectivity index (χ3v) is 7.23. The molecule has 2 aromatic carbocycles. The van der Waals surface area contributed by atoms with Gasteiger partial charge in [0.2, 0.25) is 0 Å². The summed E-state index contributed by atoms with van der Waals surface area (Å²) in [5.74, 6) is 1.33. The minimum atomic E-state index is -0.172. The minimum absolute atomic E-state index is 0.172. The highest BCUT2D eigenvalue weighted by molar-refractivity contribution is 6.43. The van der Waals surface area contributed by atoms with Gasteiger partial charge in [-0.25, -0.2) is 4.79 Å². The number of carbonyl (C=O) groups excluding carboxylic acids is 1. The van der Waals surface area contributed by atoms with Crippen LogP contribution >= 0.6 is 23.2 Å². The van der Waals surface area contributed by atoms with Crippen LogP contribution in [0.25, 0.3) is 0 Å². The van der Waals surface area contributed by atoms with Gasteiger partial charge < -0.3 is 20.3 Å². The fraction of sp³-hybridized carbons (Fsp3) is 0.458. The van der Waals surface area contributed by atoms with Crippen LogP contribution in [0.5, 0.6) is 5.75 Å². The van der Waals surface area contributed by atoms with E-state index in [1.54, 1.807) is 7.11 Å². The molecule has 172 valence electrons. The van der Waals surface area contributed by atoms with Gasteiger partial charge in [-0.15, -0.1) is 0 Å². The maximum Gasteiger partial charge on any atom is 0.319 e. The number of methoxy groups -OCH3 is 1. The summed E-state index contributed by atoms with van der Waals surface area (Å²) in [6.45, 7) is 5.06. The summed E-state index contributed by atoms with van der Waals surface area (Å²) in [5.41, 5.74) is 1.71. The number of urea groups is 1. The summed E-state index contributed by atoms with van der Waals surface area (Å²) >= 11 is 12.5. The zero-order valence-electron chi connectivity index (χ0n) is 18.3. The van der Waals surface area contributed by atoms with E-state index < -0.39 is 0 Å². The molecule has 0 bridgehead atoms. The molecule has 2 aliphatic rings. The second-order valence-corrected chi connectivity index (χ2v) is 9.31. The molecule has 1 saturated heterocycles. The zero-order chi connectivity index (χ0) is 22.5. The molecular formula is C24H30Cl2N4O2. The highest BCUT2D eigenvalue weighted by Crippen LogP contribution is 2.34. The van der Waals surface area contributed by atoms with Crippen molar-refractivity contribution in [2.24, 2.45) is 5.92 Å². The molecule has 2 N–H and O–H groups in total. The van der Waals surface area contributed by atoms with Crippen LogP contribution in [0.2, 0.25) is 10.0 Å². The van der Waals surface area contributed by atoms with Crippen LogP contribution in [0.15, 0.2) is 42.5 Å². The monoisotopic (exact) mass is 476 g/mol. The molecule has 32 heavy (non-hydrogen) atoms. The first kappa shape index (κ1) is 23.0. The third-order valence-electron chi connectivity index (χ3n) is 6.42. The van der Waals surface area contributed by atoms with Crippen molar-refractivity contribution in [2.45, 2.75) is 25.3 Å². The lowest BCUT2D eigenvalue weighted by atomic mass is 9.78. The van der Waals surface area contributed by atoms with Gasteiger partial charge >= 0.3 is 6.03 Å².